The summed E-state index contributed by atoms with van der Waals surface area (Å²) in [5.74, 6) is 1.49. The highest BCUT2D eigenvalue weighted by Gasteiger charge is 2.21. The average Bonchev–Trinajstić information content (AvgIpc) is 2.93. The fourth-order valence-electron chi connectivity index (χ4n) is 2.37. The van der Waals surface area contributed by atoms with Crippen LogP contribution in [0.1, 0.15) is 32.2 Å². The number of rotatable bonds is 3. The van der Waals surface area contributed by atoms with Gasteiger partial charge in [-0.25, -0.2) is 4.98 Å². The van der Waals surface area contributed by atoms with Gasteiger partial charge in [0.15, 0.2) is 5.82 Å². The van der Waals surface area contributed by atoms with Gasteiger partial charge >= 0.3 is 0 Å². The molecular weight excluding hydrogens is 358 g/mol. The molecule has 0 spiro atoms. The van der Waals surface area contributed by atoms with E-state index in [1.807, 2.05) is 45.0 Å². The topological polar surface area (TPSA) is 68.1 Å². The minimum Gasteiger partial charge on any atom is -0.497 e. The minimum absolute atomic E-state index is 0.205. The number of hydrogen-bond acceptors (Lipinski definition) is 5. The normalized spacial score (nSPS) is 12.2. The van der Waals surface area contributed by atoms with E-state index in [0.29, 0.717) is 15.5 Å². The highest BCUT2D eigenvalue weighted by molar-refractivity contribution is 7.71. The van der Waals surface area contributed by atoms with Gasteiger partial charge in [0, 0.05) is 16.4 Å². The highest BCUT2D eigenvalue weighted by Crippen LogP contribution is 2.24. The van der Waals surface area contributed by atoms with Crippen LogP contribution in [-0.4, -0.2) is 33.2 Å². The number of nitrogens with zero attached hydrogens (tertiary/aromatic N) is 4. The van der Waals surface area contributed by atoms with Gasteiger partial charge in [0.2, 0.25) is 4.77 Å². The lowest BCUT2D eigenvalue weighted by Crippen LogP contribution is -2.17. The van der Waals surface area contributed by atoms with Crippen LogP contribution >= 0.6 is 23.8 Å². The summed E-state index contributed by atoms with van der Waals surface area (Å²) in [4.78, 5) is 4.40. The maximum atomic E-state index is 6.29. The molecule has 0 fully saturated rings. The number of halogens is 1. The molecule has 6 nitrogen and oxygen atoms in total. The van der Waals surface area contributed by atoms with Gasteiger partial charge in [0.1, 0.15) is 10.9 Å². The van der Waals surface area contributed by atoms with E-state index in [1.54, 1.807) is 18.0 Å². The number of ether oxygens (including phenoxy) is 1. The first-order valence-corrected chi connectivity index (χ1v) is 8.45. The number of aromatic amines is 1. The largest absolute Gasteiger partial charge is 0.497 e. The number of H-pyrrole nitrogens is 1. The zero-order chi connectivity index (χ0) is 18.2. The van der Waals surface area contributed by atoms with Crippen molar-refractivity contribution in [2.45, 2.75) is 26.2 Å². The molecule has 0 aliphatic rings. The third kappa shape index (κ3) is 3.57. The quantitative estimate of drug-likeness (QED) is 0.420. The van der Waals surface area contributed by atoms with Gasteiger partial charge in [-0.05, 0) is 36.5 Å². The molecule has 0 bridgehead atoms. The van der Waals surface area contributed by atoms with E-state index in [2.05, 4.69) is 20.3 Å². The van der Waals surface area contributed by atoms with Crippen LogP contribution in [0.5, 0.6) is 5.75 Å². The molecule has 130 valence electrons. The zero-order valence-electron chi connectivity index (χ0n) is 14.4. The molecule has 0 radical (unpaired) electrons. The first-order valence-electron chi connectivity index (χ1n) is 7.66. The number of hydrogen-bond donors (Lipinski definition) is 1. The molecule has 1 N–H and O–H groups in total. The Kier molecular flexibility index (Phi) is 4.62. The lowest BCUT2D eigenvalue weighted by atomic mass is 9.96. The standard InChI is InChI=1S/C17H18ClN5OS/c1-17(2,3)15-21-22-16(25)23(15)19-9-11-7-10-8-12(24-4)5-6-13(10)20-14(11)18/h5-9H,1-4H3,(H,22,25)/b19-9-. The van der Waals surface area contributed by atoms with Crippen molar-refractivity contribution in [3.8, 4) is 5.75 Å². The fourth-order valence-corrected chi connectivity index (χ4v) is 2.74. The summed E-state index contributed by atoms with van der Waals surface area (Å²) < 4.78 is 7.28. The van der Waals surface area contributed by atoms with E-state index < -0.39 is 0 Å². The predicted octanol–water partition coefficient (Wildman–Crippen LogP) is 4.33. The van der Waals surface area contributed by atoms with Gasteiger partial charge in [-0.2, -0.15) is 14.9 Å². The van der Waals surface area contributed by atoms with Gasteiger partial charge in [-0.15, -0.1) is 0 Å². The molecule has 0 atom stereocenters. The van der Waals surface area contributed by atoms with Crippen LogP contribution in [0.4, 0.5) is 0 Å². The van der Waals surface area contributed by atoms with Crippen LogP contribution in [0.15, 0.2) is 29.4 Å². The smallest absolute Gasteiger partial charge is 0.216 e. The predicted molar refractivity (Wildman–Crippen MR) is 102 cm³/mol. The average molecular weight is 376 g/mol. The van der Waals surface area contributed by atoms with Crippen molar-refractivity contribution < 1.29 is 4.74 Å². The molecule has 8 heteroatoms. The molecule has 0 saturated heterocycles. The van der Waals surface area contributed by atoms with Gasteiger partial charge in [-0.3, -0.25) is 5.10 Å². The summed E-state index contributed by atoms with van der Waals surface area (Å²) in [6.07, 6.45) is 1.63. The molecule has 0 saturated carbocycles. The highest BCUT2D eigenvalue weighted by atomic mass is 35.5. The number of fused-ring (bicyclic) bond motifs is 1. The first-order chi connectivity index (χ1) is 11.8. The molecule has 0 aliphatic carbocycles. The van der Waals surface area contributed by atoms with Crippen molar-refractivity contribution in [3.63, 3.8) is 0 Å². The summed E-state index contributed by atoms with van der Waals surface area (Å²) in [6.45, 7) is 6.13. The van der Waals surface area contributed by atoms with Gasteiger partial charge < -0.3 is 4.74 Å². The van der Waals surface area contributed by atoms with E-state index in [1.165, 1.54) is 0 Å². The fraction of sp³-hybridized carbons (Fsp3) is 0.294. The van der Waals surface area contributed by atoms with Crippen molar-refractivity contribution in [3.05, 3.63) is 45.6 Å². The van der Waals surface area contributed by atoms with Crippen LogP contribution in [0.25, 0.3) is 10.9 Å². The molecule has 2 heterocycles. The lowest BCUT2D eigenvalue weighted by Gasteiger charge is -2.15. The van der Waals surface area contributed by atoms with Gasteiger partial charge in [0.05, 0.1) is 18.8 Å². The van der Waals surface area contributed by atoms with E-state index in [-0.39, 0.29) is 5.41 Å². The Labute approximate surface area is 155 Å². The maximum absolute atomic E-state index is 6.29. The number of nitrogens with one attached hydrogen (secondary N) is 1. The minimum atomic E-state index is -0.205. The van der Waals surface area contributed by atoms with E-state index in [0.717, 1.165) is 22.5 Å². The Morgan fingerprint density at radius 2 is 2.08 bits per heavy atom. The third-order valence-electron chi connectivity index (χ3n) is 3.64. The van der Waals surface area contributed by atoms with E-state index in [4.69, 9.17) is 28.6 Å². The van der Waals surface area contributed by atoms with Crippen LogP contribution in [0.3, 0.4) is 0 Å². The molecule has 3 rings (SSSR count). The van der Waals surface area contributed by atoms with Crippen molar-refractivity contribution in [2.24, 2.45) is 5.10 Å². The lowest BCUT2D eigenvalue weighted by molar-refractivity contribution is 0.415. The van der Waals surface area contributed by atoms with Crippen LogP contribution in [-0.2, 0) is 5.41 Å². The summed E-state index contributed by atoms with van der Waals surface area (Å²) in [7, 11) is 1.63. The summed E-state index contributed by atoms with van der Waals surface area (Å²) >= 11 is 11.6. The molecule has 0 unspecified atom stereocenters. The Balaban J connectivity index is 2.06. The summed E-state index contributed by atoms with van der Waals surface area (Å²) in [6, 6.07) is 7.53. The second-order valence-electron chi connectivity index (χ2n) is 6.59. The van der Waals surface area contributed by atoms with E-state index >= 15 is 0 Å². The van der Waals surface area contributed by atoms with Crippen LogP contribution < -0.4 is 4.74 Å². The van der Waals surface area contributed by atoms with Gasteiger partial charge in [-0.1, -0.05) is 32.4 Å². The molecule has 1 aromatic carbocycles. The maximum Gasteiger partial charge on any atom is 0.216 e. The second-order valence-corrected chi connectivity index (χ2v) is 7.33. The molecular formula is C17H18ClN5OS. The van der Waals surface area contributed by atoms with Crippen LogP contribution in [0, 0.1) is 4.77 Å². The third-order valence-corrected chi connectivity index (χ3v) is 4.20. The molecule has 0 amide bonds. The zero-order valence-corrected chi connectivity index (χ0v) is 15.9. The van der Waals surface area contributed by atoms with Crippen LogP contribution in [0.2, 0.25) is 5.15 Å². The molecule has 3 aromatic rings. The molecule has 25 heavy (non-hydrogen) atoms. The second kappa shape index (κ2) is 6.57. The van der Waals surface area contributed by atoms with Crippen molar-refractivity contribution >= 4 is 40.9 Å². The summed E-state index contributed by atoms with van der Waals surface area (Å²) in [5, 5.41) is 12.8. The number of benzene rings is 1. The van der Waals surface area contributed by atoms with E-state index in [9.17, 15) is 0 Å². The van der Waals surface area contributed by atoms with Crippen molar-refractivity contribution in [2.75, 3.05) is 7.11 Å². The Morgan fingerprint density at radius 3 is 2.76 bits per heavy atom. The Bertz CT molecular complexity index is 1020. The Morgan fingerprint density at radius 1 is 1.32 bits per heavy atom. The van der Waals surface area contributed by atoms with Gasteiger partial charge in [0.25, 0.3) is 0 Å². The number of methoxy groups -OCH3 is 1. The Hall–Kier alpha value is -2.25. The van der Waals surface area contributed by atoms with Crippen molar-refractivity contribution in [1.82, 2.24) is 19.9 Å². The van der Waals surface area contributed by atoms with Crippen molar-refractivity contribution in [1.29, 1.82) is 0 Å². The summed E-state index contributed by atoms with van der Waals surface area (Å²) in [5.41, 5.74) is 1.27. The number of pyridine rings is 1. The molecule has 0 aliphatic heterocycles. The molecule has 2 aromatic heterocycles. The monoisotopic (exact) mass is 375 g/mol. The SMILES string of the molecule is COc1ccc2nc(Cl)c(/C=N\n3c(C(C)(C)C)n[nH]c3=S)cc2c1. The first kappa shape index (κ1) is 17.6. The number of aromatic nitrogens is 4.